The molecule has 1 unspecified atom stereocenters. The third-order valence-electron chi connectivity index (χ3n) is 2.48. The second-order valence-electron chi connectivity index (χ2n) is 4.21. The highest BCUT2D eigenvalue weighted by Gasteiger charge is 2.13. The van der Waals surface area contributed by atoms with Crippen molar-refractivity contribution in [2.75, 3.05) is 6.54 Å². The zero-order valence-corrected chi connectivity index (χ0v) is 10.2. The van der Waals surface area contributed by atoms with Crippen LogP contribution in [0.3, 0.4) is 0 Å². The van der Waals surface area contributed by atoms with Crippen molar-refractivity contribution in [1.82, 2.24) is 15.1 Å². The van der Waals surface area contributed by atoms with Crippen LogP contribution < -0.4 is 5.32 Å². The molecule has 0 aliphatic carbocycles. The quantitative estimate of drug-likeness (QED) is 0.786. The van der Waals surface area contributed by atoms with E-state index in [9.17, 15) is 9.59 Å². The molecule has 6 nitrogen and oxygen atoms in total. The Labute approximate surface area is 99.6 Å². The Bertz CT molecular complexity index is 406. The van der Waals surface area contributed by atoms with Gasteiger partial charge in [-0.25, -0.2) is 0 Å². The molecule has 0 aromatic carbocycles. The molecule has 1 heterocycles. The van der Waals surface area contributed by atoms with Crippen molar-refractivity contribution in [3.63, 3.8) is 0 Å². The maximum absolute atomic E-state index is 11.7. The number of amides is 1. The Hall–Kier alpha value is -1.85. The van der Waals surface area contributed by atoms with Gasteiger partial charge in [0.25, 0.3) is 5.91 Å². The number of carboxylic acid groups (broad SMARTS) is 1. The molecule has 6 heteroatoms. The van der Waals surface area contributed by atoms with Crippen LogP contribution in [0.25, 0.3) is 0 Å². The molecule has 1 aromatic heterocycles. The minimum atomic E-state index is -0.861. The predicted molar refractivity (Wildman–Crippen MR) is 61.7 cm³/mol. The second kappa shape index (κ2) is 5.47. The number of hydrogen-bond acceptors (Lipinski definition) is 3. The smallest absolute Gasteiger partial charge is 0.303 e. The first-order valence-corrected chi connectivity index (χ1v) is 5.40. The molecule has 17 heavy (non-hydrogen) atoms. The first-order valence-electron chi connectivity index (χ1n) is 5.40. The molecular formula is C11H17N3O3. The summed E-state index contributed by atoms with van der Waals surface area (Å²) < 4.78 is 1.62. The Morgan fingerprint density at radius 2 is 2.24 bits per heavy atom. The molecule has 0 bridgehead atoms. The van der Waals surface area contributed by atoms with Gasteiger partial charge >= 0.3 is 5.97 Å². The fourth-order valence-corrected chi connectivity index (χ4v) is 1.40. The van der Waals surface area contributed by atoms with Crippen LogP contribution in [0.15, 0.2) is 6.07 Å². The van der Waals surface area contributed by atoms with Crippen molar-refractivity contribution < 1.29 is 14.7 Å². The van der Waals surface area contributed by atoms with Gasteiger partial charge in [0.05, 0.1) is 0 Å². The van der Waals surface area contributed by atoms with E-state index in [1.165, 1.54) is 0 Å². The Kier molecular flexibility index (Phi) is 4.25. The third kappa shape index (κ3) is 3.90. The van der Waals surface area contributed by atoms with Gasteiger partial charge in [0, 0.05) is 25.7 Å². The SMILES string of the molecule is Cc1cc(C(=O)NCC(C)CC(=O)O)nn1C. The number of carbonyl (C=O) groups is 2. The van der Waals surface area contributed by atoms with Gasteiger partial charge in [-0.3, -0.25) is 14.3 Å². The van der Waals surface area contributed by atoms with Crippen LogP contribution in [-0.4, -0.2) is 33.3 Å². The van der Waals surface area contributed by atoms with Crippen molar-refractivity contribution in [3.8, 4) is 0 Å². The topological polar surface area (TPSA) is 84.2 Å². The molecular weight excluding hydrogens is 222 g/mol. The van der Waals surface area contributed by atoms with Crippen LogP contribution in [0, 0.1) is 12.8 Å². The molecule has 0 radical (unpaired) electrons. The van der Waals surface area contributed by atoms with E-state index in [1.54, 1.807) is 24.7 Å². The average Bonchev–Trinajstić information content (AvgIpc) is 2.55. The summed E-state index contributed by atoms with van der Waals surface area (Å²) in [6, 6.07) is 1.69. The van der Waals surface area contributed by atoms with Crippen molar-refractivity contribution in [2.45, 2.75) is 20.3 Å². The number of aromatic nitrogens is 2. The molecule has 0 saturated carbocycles. The lowest BCUT2D eigenvalue weighted by atomic mass is 10.1. The van der Waals surface area contributed by atoms with Gasteiger partial charge in [0.2, 0.25) is 0 Å². The molecule has 0 aliphatic heterocycles. The van der Waals surface area contributed by atoms with Gasteiger partial charge in [-0.2, -0.15) is 5.10 Å². The van der Waals surface area contributed by atoms with E-state index < -0.39 is 5.97 Å². The van der Waals surface area contributed by atoms with Crippen LogP contribution in [0.1, 0.15) is 29.5 Å². The van der Waals surface area contributed by atoms with Crippen LogP contribution in [0.4, 0.5) is 0 Å². The highest BCUT2D eigenvalue weighted by molar-refractivity contribution is 5.92. The number of aryl methyl sites for hydroxylation is 2. The number of carbonyl (C=O) groups excluding carboxylic acids is 1. The van der Waals surface area contributed by atoms with Gasteiger partial charge in [0.1, 0.15) is 5.69 Å². The summed E-state index contributed by atoms with van der Waals surface area (Å²) >= 11 is 0. The lowest BCUT2D eigenvalue weighted by Gasteiger charge is -2.08. The largest absolute Gasteiger partial charge is 0.481 e. The maximum Gasteiger partial charge on any atom is 0.303 e. The average molecular weight is 239 g/mol. The molecule has 0 saturated heterocycles. The Morgan fingerprint density at radius 3 is 2.71 bits per heavy atom. The van der Waals surface area contributed by atoms with Gasteiger partial charge in [-0.1, -0.05) is 6.92 Å². The van der Waals surface area contributed by atoms with Crippen molar-refractivity contribution >= 4 is 11.9 Å². The molecule has 1 amide bonds. The zero-order chi connectivity index (χ0) is 13.0. The first-order chi connectivity index (χ1) is 7.90. The second-order valence-corrected chi connectivity index (χ2v) is 4.21. The zero-order valence-electron chi connectivity index (χ0n) is 10.2. The fraction of sp³-hybridized carbons (Fsp3) is 0.545. The Morgan fingerprint density at radius 1 is 1.59 bits per heavy atom. The van der Waals surface area contributed by atoms with Crippen molar-refractivity contribution in [3.05, 3.63) is 17.5 Å². The van der Waals surface area contributed by atoms with E-state index in [0.717, 1.165) is 5.69 Å². The summed E-state index contributed by atoms with van der Waals surface area (Å²) in [4.78, 5) is 22.1. The summed E-state index contributed by atoms with van der Waals surface area (Å²) in [5, 5.41) is 15.3. The van der Waals surface area contributed by atoms with E-state index in [2.05, 4.69) is 10.4 Å². The van der Waals surface area contributed by atoms with Gasteiger partial charge in [-0.15, -0.1) is 0 Å². The highest BCUT2D eigenvalue weighted by Crippen LogP contribution is 2.03. The fourth-order valence-electron chi connectivity index (χ4n) is 1.40. The van der Waals surface area contributed by atoms with E-state index >= 15 is 0 Å². The third-order valence-corrected chi connectivity index (χ3v) is 2.48. The van der Waals surface area contributed by atoms with Crippen LogP contribution >= 0.6 is 0 Å². The van der Waals surface area contributed by atoms with Gasteiger partial charge in [-0.05, 0) is 18.9 Å². The summed E-state index contributed by atoms with van der Waals surface area (Å²) in [6.45, 7) is 3.97. The van der Waals surface area contributed by atoms with E-state index in [4.69, 9.17) is 5.11 Å². The highest BCUT2D eigenvalue weighted by atomic mass is 16.4. The Balaban J connectivity index is 2.47. The molecule has 1 rings (SSSR count). The molecule has 0 spiro atoms. The van der Waals surface area contributed by atoms with Crippen LogP contribution in [0.2, 0.25) is 0 Å². The molecule has 2 N–H and O–H groups in total. The summed E-state index contributed by atoms with van der Waals surface area (Å²) in [6.07, 6.45) is 0.0432. The van der Waals surface area contributed by atoms with Gasteiger partial charge < -0.3 is 10.4 Å². The van der Waals surface area contributed by atoms with Gasteiger partial charge in [0.15, 0.2) is 0 Å². The molecule has 1 atom stereocenters. The summed E-state index contributed by atoms with van der Waals surface area (Å²) in [5.74, 6) is -1.23. The maximum atomic E-state index is 11.7. The molecule has 0 aliphatic rings. The van der Waals surface area contributed by atoms with E-state index in [-0.39, 0.29) is 18.2 Å². The van der Waals surface area contributed by atoms with Crippen molar-refractivity contribution in [1.29, 1.82) is 0 Å². The number of nitrogens with one attached hydrogen (secondary N) is 1. The predicted octanol–water partition coefficient (Wildman–Crippen LogP) is 0.569. The standard InChI is InChI=1S/C11H17N3O3/c1-7(4-10(15)16)6-12-11(17)9-5-8(2)14(3)13-9/h5,7H,4,6H2,1-3H3,(H,12,17)(H,15,16). The molecule has 1 aromatic rings. The van der Waals surface area contributed by atoms with E-state index in [0.29, 0.717) is 12.2 Å². The molecule has 0 fully saturated rings. The minimum absolute atomic E-state index is 0.0432. The number of nitrogens with zero attached hydrogens (tertiary/aromatic N) is 2. The normalized spacial score (nSPS) is 12.2. The monoisotopic (exact) mass is 239 g/mol. The summed E-state index contributed by atoms with van der Waals surface area (Å²) in [7, 11) is 1.76. The number of rotatable bonds is 5. The molecule has 94 valence electrons. The minimum Gasteiger partial charge on any atom is -0.481 e. The number of hydrogen-bond donors (Lipinski definition) is 2. The number of carboxylic acids is 1. The first kappa shape index (κ1) is 13.2. The van der Waals surface area contributed by atoms with E-state index in [1.807, 2.05) is 6.92 Å². The van der Waals surface area contributed by atoms with Crippen LogP contribution in [0.5, 0.6) is 0 Å². The summed E-state index contributed by atoms with van der Waals surface area (Å²) in [5.41, 5.74) is 1.25. The lowest BCUT2D eigenvalue weighted by molar-refractivity contribution is -0.137. The number of aliphatic carboxylic acids is 1. The van der Waals surface area contributed by atoms with Crippen LogP contribution in [-0.2, 0) is 11.8 Å². The van der Waals surface area contributed by atoms with Crippen molar-refractivity contribution in [2.24, 2.45) is 13.0 Å². The lowest BCUT2D eigenvalue weighted by Crippen LogP contribution is -2.29.